The van der Waals surface area contributed by atoms with Gasteiger partial charge in [-0.15, -0.1) is 0 Å². The van der Waals surface area contributed by atoms with E-state index >= 15 is 0 Å². The third-order valence-electron chi connectivity index (χ3n) is 2.46. The van der Waals surface area contributed by atoms with Crippen molar-refractivity contribution in [1.82, 2.24) is 0 Å². The smallest absolute Gasteiger partial charge is 0.450 e. The van der Waals surface area contributed by atoms with Crippen LogP contribution in [0.1, 0.15) is 78.1 Å². The molecule has 0 amide bonds. The lowest BCUT2D eigenvalue weighted by Gasteiger charge is -1.99. The van der Waals surface area contributed by atoms with E-state index in [0.29, 0.717) is 0 Å². The van der Waals surface area contributed by atoms with Crippen LogP contribution in [-0.4, -0.2) is 16.4 Å². The van der Waals surface area contributed by atoms with E-state index in [1.165, 1.54) is 64.2 Å². The van der Waals surface area contributed by atoms with Crippen LogP contribution in [-0.2, 0) is 0 Å². The van der Waals surface area contributed by atoms with Crippen LogP contribution in [0.2, 0.25) is 0 Å². The molecule has 0 bridgehead atoms. The summed E-state index contributed by atoms with van der Waals surface area (Å²) in [5, 5.41) is 13.9. The first-order valence-corrected chi connectivity index (χ1v) is 6.57. The molecule has 3 nitrogen and oxygen atoms in total. The van der Waals surface area contributed by atoms with Crippen LogP contribution in [0.4, 0.5) is 4.79 Å². The molecular weight excluding hydrogens is 204 g/mol. The first-order valence-electron chi connectivity index (χ1n) is 6.57. The maximum absolute atomic E-state index is 8.56. The van der Waals surface area contributed by atoms with Crippen molar-refractivity contribution in [3.05, 3.63) is 0 Å². The van der Waals surface area contributed by atoms with Gasteiger partial charge in [0.25, 0.3) is 0 Å². The van der Waals surface area contributed by atoms with Gasteiger partial charge in [0, 0.05) is 0 Å². The number of unbranched alkanes of at least 4 members (excludes halogenated alkanes) is 9. The molecular formula is C13H28O3. The molecule has 0 aliphatic rings. The Morgan fingerprint density at radius 1 is 0.688 bits per heavy atom. The zero-order valence-corrected chi connectivity index (χ0v) is 10.9. The highest BCUT2D eigenvalue weighted by Gasteiger charge is 1.90. The largest absolute Gasteiger partial charge is 0.503 e. The molecule has 0 aromatic carbocycles. The van der Waals surface area contributed by atoms with Gasteiger partial charge in [-0.25, -0.2) is 4.79 Å². The SMILES string of the molecule is CCCCCCCCCCCC.O=C(O)O. The van der Waals surface area contributed by atoms with Crippen LogP contribution in [0.3, 0.4) is 0 Å². The van der Waals surface area contributed by atoms with Crippen molar-refractivity contribution < 1.29 is 15.0 Å². The van der Waals surface area contributed by atoms with Crippen molar-refractivity contribution in [3.63, 3.8) is 0 Å². The van der Waals surface area contributed by atoms with E-state index in [0.717, 1.165) is 0 Å². The molecule has 3 heteroatoms. The highest BCUT2D eigenvalue weighted by molar-refractivity contribution is 5.53. The van der Waals surface area contributed by atoms with Gasteiger partial charge in [0.2, 0.25) is 0 Å². The maximum Gasteiger partial charge on any atom is 0.503 e. The standard InChI is InChI=1S/C12H26.CH2O3/c1-3-5-7-9-11-12-10-8-6-4-2;2-1(3)4/h3-12H2,1-2H3;(H2,2,3,4). The van der Waals surface area contributed by atoms with Gasteiger partial charge in [-0.05, 0) is 0 Å². The number of carboxylic acid groups (broad SMARTS) is 2. The summed E-state index contributed by atoms with van der Waals surface area (Å²) in [6.07, 6.45) is 12.6. The summed E-state index contributed by atoms with van der Waals surface area (Å²) in [7, 11) is 0. The lowest BCUT2D eigenvalue weighted by atomic mass is 10.1. The van der Waals surface area contributed by atoms with E-state index in [4.69, 9.17) is 15.0 Å². The minimum atomic E-state index is -1.83. The average Bonchev–Trinajstić information content (AvgIpc) is 2.21. The average molecular weight is 232 g/mol. The van der Waals surface area contributed by atoms with Crippen LogP contribution < -0.4 is 0 Å². The molecule has 0 fully saturated rings. The highest BCUT2D eigenvalue weighted by Crippen LogP contribution is 2.09. The predicted octanol–water partition coefficient (Wildman–Crippen LogP) is 5.15. The van der Waals surface area contributed by atoms with Crippen LogP contribution >= 0.6 is 0 Å². The Hall–Kier alpha value is -0.730. The lowest BCUT2D eigenvalue weighted by molar-refractivity contribution is 0.137. The molecule has 0 spiro atoms. The van der Waals surface area contributed by atoms with Crippen molar-refractivity contribution in [2.45, 2.75) is 78.1 Å². The Balaban J connectivity index is 0. The molecule has 0 radical (unpaired) electrons. The molecule has 0 saturated carbocycles. The van der Waals surface area contributed by atoms with Crippen molar-refractivity contribution in [2.75, 3.05) is 0 Å². The van der Waals surface area contributed by atoms with E-state index in [2.05, 4.69) is 13.8 Å². The zero-order valence-electron chi connectivity index (χ0n) is 10.9. The second-order valence-electron chi connectivity index (χ2n) is 4.11. The van der Waals surface area contributed by atoms with Crippen molar-refractivity contribution in [2.24, 2.45) is 0 Å². The molecule has 0 aromatic heterocycles. The molecule has 2 N–H and O–H groups in total. The molecule has 0 rings (SSSR count). The van der Waals surface area contributed by atoms with Gasteiger partial charge >= 0.3 is 6.16 Å². The van der Waals surface area contributed by atoms with Crippen molar-refractivity contribution in [1.29, 1.82) is 0 Å². The second kappa shape index (κ2) is 16.7. The first kappa shape index (κ1) is 17.7. The fraction of sp³-hybridized carbons (Fsp3) is 0.923. The van der Waals surface area contributed by atoms with Crippen LogP contribution in [0.15, 0.2) is 0 Å². The van der Waals surface area contributed by atoms with Gasteiger partial charge in [-0.3, -0.25) is 0 Å². The molecule has 0 unspecified atom stereocenters. The summed E-state index contributed by atoms with van der Waals surface area (Å²) in [6.45, 7) is 4.56. The summed E-state index contributed by atoms with van der Waals surface area (Å²) in [5.41, 5.74) is 0. The van der Waals surface area contributed by atoms with E-state index in [-0.39, 0.29) is 0 Å². The minimum absolute atomic E-state index is 1.37. The fourth-order valence-electron chi connectivity index (χ4n) is 1.56. The molecule has 0 aromatic rings. The number of rotatable bonds is 9. The monoisotopic (exact) mass is 232 g/mol. The first-order chi connectivity index (χ1) is 7.65. The third-order valence-corrected chi connectivity index (χ3v) is 2.46. The summed E-state index contributed by atoms with van der Waals surface area (Å²) >= 11 is 0. The number of carbonyl (C=O) groups is 1. The molecule has 0 heterocycles. The zero-order chi connectivity index (χ0) is 12.6. The van der Waals surface area contributed by atoms with Gasteiger partial charge in [-0.2, -0.15) is 0 Å². The van der Waals surface area contributed by atoms with Crippen molar-refractivity contribution >= 4 is 6.16 Å². The maximum atomic E-state index is 8.56. The molecule has 98 valence electrons. The van der Waals surface area contributed by atoms with Crippen LogP contribution in [0.5, 0.6) is 0 Å². The number of hydrogen-bond acceptors (Lipinski definition) is 1. The van der Waals surface area contributed by atoms with Gasteiger partial charge in [0.05, 0.1) is 0 Å². The fourth-order valence-corrected chi connectivity index (χ4v) is 1.56. The van der Waals surface area contributed by atoms with E-state index in [1.54, 1.807) is 0 Å². The third kappa shape index (κ3) is 29.2. The lowest BCUT2D eigenvalue weighted by Crippen LogP contribution is -1.81. The summed E-state index contributed by atoms with van der Waals surface area (Å²) < 4.78 is 0. The molecule has 0 aliphatic carbocycles. The molecule has 0 saturated heterocycles. The Bertz CT molecular complexity index is 121. The second-order valence-corrected chi connectivity index (χ2v) is 4.11. The van der Waals surface area contributed by atoms with E-state index < -0.39 is 6.16 Å². The predicted molar refractivity (Wildman–Crippen MR) is 68.2 cm³/mol. The molecule has 16 heavy (non-hydrogen) atoms. The Morgan fingerprint density at radius 3 is 1.06 bits per heavy atom. The van der Waals surface area contributed by atoms with Gasteiger partial charge in [0.15, 0.2) is 0 Å². The summed E-state index contributed by atoms with van der Waals surface area (Å²) in [4.78, 5) is 8.56. The normalized spacial score (nSPS) is 9.38. The van der Waals surface area contributed by atoms with Gasteiger partial charge < -0.3 is 10.2 Å². The van der Waals surface area contributed by atoms with E-state index in [1.807, 2.05) is 0 Å². The topological polar surface area (TPSA) is 57.5 Å². The molecule has 0 aliphatic heterocycles. The number of hydrogen-bond donors (Lipinski definition) is 2. The van der Waals surface area contributed by atoms with Gasteiger partial charge in [-0.1, -0.05) is 78.1 Å². The quantitative estimate of drug-likeness (QED) is 0.540. The van der Waals surface area contributed by atoms with Crippen LogP contribution in [0.25, 0.3) is 0 Å². The summed E-state index contributed by atoms with van der Waals surface area (Å²) in [5.74, 6) is 0. The highest BCUT2D eigenvalue weighted by atomic mass is 16.6. The minimum Gasteiger partial charge on any atom is -0.450 e. The van der Waals surface area contributed by atoms with Crippen molar-refractivity contribution in [3.8, 4) is 0 Å². The Morgan fingerprint density at radius 2 is 0.875 bits per heavy atom. The Kier molecular flexibility index (Phi) is 18.4. The van der Waals surface area contributed by atoms with Crippen LogP contribution in [0, 0.1) is 0 Å². The van der Waals surface area contributed by atoms with E-state index in [9.17, 15) is 0 Å². The summed E-state index contributed by atoms with van der Waals surface area (Å²) in [6, 6.07) is 0. The van der Waals surface area contributed by atoms with Gasteiger partial charge in [0.1, 0.15) is 0 Å². The Labute approximate surface area is 99.9 Å². The molecule has 0 atom stereocenters.